The van der Waals surface area contributed by atoms with Crippen molar-refractivity contribution in [3.63, 3.8) is 0 Å². The molecule has 0 spiro atoms. The number of Topliss-reactive ketones (excluding diaryl/α,β-unsaturated/α-hetero) is 1. The van der Waals surface area contributed by atoms with Crippen LogP contribution in [0.25, 0.3) is 0 Å². The van der Waals surface area contributed by atoms with E-state index in [2.05, 4.69) is 19.9 Å². The number of hydrogen-bond acceptors (Lipinski definition) is 1. The second kappa shape index (κ2) is 3.21. The van der Waals surface area contributed by atoms with Crippen molar-refractivity contribution in [1.82, 2.24) is 0 Å². The van der Waals surface area contributed by atoms with Gasteiger partial charge in [-0.15, -0.1) is 0 Å². The summed E-state index contributed by atoms with van der Waals surface area (Å²) in [4.78, 5) is 11.3. The Hall–Kier alpha value is -0.590. The molecule has 11 heavy (non-hydrogen) atoms. The predicted octanol–water partition coefficient (Wildman–Crippen LogP) is 2.42. The maximum atomic E-state index is 11.3. The second-order valence-electron chi connectivity index (χ2n) is 3.75. The Labute approximate surface area is 68.5 Å². The van der Waals surface area contributed by atoms with Crippen LogP contribution in [0.5, 0.6) is 0 Å². The van der Waals surface area contributed by atoms with Crippen molar-refractivity contribution in [3.05, 3.63) is 12.2 Å². The highest BCUT2D eigenvalue weighted by Gasteiger charge is 2.22. The van der Waals surface area contributed by atoms with Crippen LogP contribution in [0, 0.1) is 17.8 Å². The molecule has 62 valence electrons. The third-order valence-electron chi connectivity index (χ3n) is 2.45. The number of allylic oxidation sites excluding steroid dienone is 2. The van der Waals surface area contributed by atoms with Crippen LogP contribution in [0.1, 0.15) is 27.2 Å². The molecule has 0 bridgehead atoms. The average molecular weight is 152 g/mol. The predicted molar refractivity (Wildman–Crippen MR) is 46.3 cm³/mol. The maximum absolute atomic E-state index is 11.3. The molecule has 0 radical (unpaired) electrons. The summed E-state index contributed by atoms with van der Waals surface area (Å²) in [6, 6.07) is 0. The smallest absolute Gasteiger partial charge is 0.140 e. The lowest BCUT2D eigenvalue weighted by molar-refractivity contribution is -0.122. The van der Waals surface area contributed by atoms with Crippen LogP contribution in [-0.2, 0) is 4.79 Å². The van der Waals surface area contributed by atoms with E-state index in [4.69, 9.17) is 0 Å². The zero-order valence-electron chi connectivity index (χ0n) is 7.50. The highest BCUT2D eigenvalue weighted by molar-refractivity contribution is 5.83. The van der Waals surface area contributed by atoms with Crippen molar-refractivity contribution in [2.45, 2.75) is 27.2 Å². The third kappa shape index (κ3) is 1.92. The molecule has 1 aliphatic carbocycles. The fraction of sp³-hybridized carbons (Fsp3) is 0.700. The summed E-state index contributed by atoms with van der Waals surface area (Å²) in [6.45, 7) is 6.30. The molecule has 1 aliphatic rings. The molecule has 0 N–H and O–H groups in total. The molecule has 0 aromatic rings. The Morgan fingerprint density at radius 2 is 2.09 bits per heavy atom. The van der Waals surface area contributed by atoms with E-state index in [-0.39, 0.29) is 5.92 Å². The number of carbonyl (C=O) groups is 1. The number of ketones is 1. The van der Waals surface area contributed by atoms with E-state index in [1.165, 1.54) is 0 Å². The minimum Gasteiger partial charge on any atom is -0.299 e. The van der Waals surface area contributed by atoms with E-state index in [0.717, 1.165) is 6.42 Å². The molecule has 0 heterocycles. The standard InChI is InChI=1S/C10H16O/c1-7(2)9-5-4-8(3)10(11)6-9/h4-5,7-9H,6H2,1-3H3/t8-,9-/m1/s1. The van der Waals surface area contributed by atoms with Gasteiger partial charge in [-0.1, -0.05) is 32.9 Å². The molecule has 1 rings (SSSR count). The summed E-state index contributed by atoms with van der Waals surface area (Å²) in [5.74, 6) is 1.64. The van der Waals surface area contributed by atoms with Crippen LogP contribution < -0.4 is 0 Å². The molecule has 1 nitrogen and oxygen atoms in total. The Kier molecular flexibility index (Phi) is 2.48. The first-order valence-corrected chi connectivity index (χ1v) is 4.32. The zero-order valence-corrected chi connectivity index (χ0v) is 7.50. The minimum absolute atomic E-state index is 0.157. The average Bonchev–Trinajstić information content (AvgIpc) is 1.94. The van der Waals surface area contributed by atoms with Gasteiger partial charge in [-0.2, -0.15) is 0 Å². The van der Waals surface area contributed by atoms with Crippen LogP contribution in [-0.4, -0.2) is 5.78 Å². The lowest BCUT2D eigenvalue weighted by Gasteiger charge is -2.22. The molecule has 0 saturated carbocycles. The first-order valence-electron chi connectivity index (χ1n) is 4.32. The molecular weight excluding hydrogens is 136 g/mol. The van der Waals surface area contributed by atoms with E-state index in [1.807, 2.05) is 13.0 Å². The van der Waals surface area contributed by atoms with Gasteiger partial charge in [0.25, 0.3) is 0 Å². The maximum Gasteiger partial charge on any atom is 0.140 e. The summed E-state index contributed by atoms with van der Waals surface area (Å²) in [5.41, 5.74) is 0. The molecular formula is C10H16O. The normalized spacial score (nSPS) is 31.5. The van der Waals surface area contributed by atoms with E-state index in [0.29, 0.717) is 17.6 Å². The van der Waals surface area contributed by atoms with E-state index >= 15 is 0 Å². The van der Waals surface area contributed by atoms with Gasteiger partial charge in [0.1, 0.15) is 5.78 Å². The SMILES string of the molecule is CC(C)[C@@H]1C=C[C@@H](C)C(=O)C1. The van der Waals surface area contributed by atoms with Gasteiger partial charge in [0.05, 0.1) is 0 Å². The highest BCUT2D eigenvalue weighted by Crippen LogP contribution is 2.24. The molecule has 0 amide bonds. The van der Waals surface area contributed by atoms with Crippen molar-refractivity contribution in [2.75, 3.05) is 0 Å². The Morgan fingerprint density at radius 1 is 1.45 bits per heavy atom. The highest BCUT2D eigenvalue weighted by atomic mass is 16.1. The Morgan fingerprint density at radius 3 is 2.55 bits per heavy atom. The molecule has 2 atom stereocenters. The van der Waals surface area contributed by atoms with Crippen LogP contribution in [0.3, 0.4) is 0 Å². The molecule has 0 aromatic heterocycles. The summed E-state index contributed by atoms with van der Waals surface area (Å²) in [7, 11) is 0. The van der Waals surface area contributed by atoms with Crippen molar-refractivity contribution >= 4 is 5.78 Å². The second-order valence-corrected chi connectivity index (χ2v) is 3.75. The van der Waals surface area contributed by atoms with E-state index < -0.39 is 0 Å². The molecule has 0 fully saturated rings. The Bertz CT molecular complexity index is 179. The van der Waals surface area contributed by atoms with Gasteiger partial charge < -0.3 is 0 Å². The lowest BCUT2D eigenvalue weighted by atomic mass is 9.82. The van der Waals surface area contributed by atoms with Gasteiger partial charge >= 0.3 is 0 Å². The first kappa shape index (κ1) is 8.51. The first-order chi connectivity index (χ1) is 5.11. The number of hydrogen-bond donors (Lipinski definition) is 0. The largest absolute Gasteiger partial charge is 0.299 e. The summed E-state index contributed by atoms with van der Waals surface area (Å²) in [6.07, 6.45) is 4.97. The van der Waals surface area contributed by atoms with Crippen molar-refractivity contribution in [2.24, 2.45) is 17.8 Å². The van der Waals surface area contributed by atoms with Gasteiger partial charge in [0.15, 0.2) is 0 Å². The van der Waals surface area contributed by atoms with Crippen LogP contribution in [0.4, 0.5) is 0 Å². The molecule has 0 aromatic carbocycles. The molecule has 0 aliphatic heterocycles. The lowest BCUT2D eigenvalue weighted by Crippen LogP contribution is -2.21. The van der Waals surface area contributed by atoms with Gasteiger partial charge in [-0.25, -0.2) is 0 Å². The van der Waals surface area contributed by atoms with Gasteiger partial charge in [0.2, 0.25) is 0 Å². The van der Waals surface area contributed by atoms with Gasteiger partial charge in [-0.05, 0) is 11.8 Å². The molecule has 1 heteroatoms. The van der Waals surface area contributed by atoms with E-state index in [1.54, 1.807) is 0 Å². The molecule has 0 unspecified atom stereocenters. The fourth-order valence-electron chi connectivity index (χ4n) is 1.36. The summed E-state index contributed by atoms with van der Waals surface area (Å²) >= 11 is 0. The summed E-state index contributed by atoms with van der Waals surface area (Å²) in [5, 5.41) is 0. The van der Waals surface area contributed by atoms with Crippen molar-refractivity contribution in [3.8, 4) is 0 Å². The monoisotopic (exact) mass is 152 g/mol. The quantitative estimate of drug-likeness (QED) is 0.527. The summed E-state index contributed by atoms with van der Waals surface area (Å²) < 4.78 is 0. The zero-order chi connectivity index (χ0) is 8.43. The van der Waals surface area contributed by atoms with Crippen LogP contribution in [0.2, 0.25) is 0 Å². The topological polar surface area (TPSA) is 17.1 Å². The minimum atomic E-state index is 0.157. The molecule has 0 saturated heterocycles. The van der Waals surface area contributed by atoms with Crippen molar-refractivity contribution in [1.29, 1.82) is 0 Å². The van der Waals surface area contributed by atoms with E-state index in [9.17, 15) is 4.79 Å². The number of carbonyl (C=O) groups excluding carboxylic acids is 1. The van der Waals surface area contributed by atoms with Crippen LogP contribution >= 0.6 is 0 Å². The fourth-order valence-corrected chi connectivity index (χ4v) is 1.36. The Balaban J connectivity index is 2.64. The van der Waals surface area contributed by atoms with Crippen molar-refractivity contribution < 1.29 is 4.79 Å². The number of rotatable bonds is 1. The van der Waals surface area contributed by atoms with Crippen LogP contribution in [0.15, 0.2) is 12.2 Å². The van der Waals surface area contributed by atoms with Gasteiger partial charge in [-0.3, -0.25) is 4.79 Å². The van der Waals surface area contributed by atoms with Gasteiger partial charge in [0, 0.05) is 12.3 Å². The third-order valence-corrected chi connectivity index (χ3v) is 2.45.